The van der Waals surface area contributed by atoms with Gasteiger partial charge in [0.05, 0.1) is 35.9 Å². The molecule has 0 aliphatic carbocycles. The lowest BCUT2D eigenvalue weighted by molar-refractivity contribution is 0.0342. The Balaban J connectivity index is 1.39. The van der Waals surface area contributed by atoms with Crippen LogP contribution in [0.5, 0.6) is 0 Å². The Kier molecular flexibility index (Phi) is 9.14. The number of carbonyl (C=O) groups is 1. The molecule has 0 spiro atoms. The van der Waals surface area contributed by atoms with Crippen molar-refractivity contribution in [3.05, 3.63) is 131 Å². The first-order valence-electron chi connectivity index (χ1n) is 13.8. The number of sulfonamides is 1. The predicted octanol–water partition coefficient (Wildman–Crippen LogP) is 5.15. The van der Waals surface area contributed by atoms with Crippen LogP contribution in [0.25, 0.3) is 0 Å². The third-order valence-corrected chi connectivity index (χ3v) is 8.92. The number of benzene rings is 4. The van der Waals surface area contributed by atoms with E-state index in [2.05, 4.69) is 22.3 Å². The van der Waals surface area contributed by atoms with E-state index < -0.39 is 10.0 Å². The van der Waals surface area contributed by atoms with Crippen LogP contribution in [0, 0.1) is 6.92 Å². The fourth-order valence-corrected chi connectivity index (χ4v) is 6.37. The minimum absolute atomic E-state index is 0.0882. The van der Waals surface area contributed by atoms with Gasteiger partial charge in [0.25, 0.3) is 15.9 Å². The van der Waals surface area contributed by atoms with E-state index in [1.165, 1.54) is 9.87 Å². The number of nitrogens with zero attached hydrogens (tertiary/aromatic N) is 2. The summed E-state index contributed by atoms with van der Waals surface area (Å²) in [6.45, 7) is 6.46. The van der Waals surface area contributed by atoms with Gasteiger partial charge >= 0.3 is 0 Å². The number of nitrogens with one attached hydrogen (secondary N) is 1. The van der Waals surface area contributed by atoms with Crippen LogP contribution in [0.4, 0.5) is 5.69 Å². The largest absolute Gasteiger partial charge is 0.379 e. The number of aryl methyl sites for hydroxylation is 1. The third kappa shape index (κ3) is 7.21. The molecule has 0 saturated carbocycles. The zero-order valence-electron chi connectivity index (χ0n) is 23.2. The third-order valence-electron chi connectivity index (χ3n) is 7.15. The van der Waals surface area contributed by atoms with Gasteiger partial charge in [-0.2, -0.15) is 0 Å². The number of ether oxygens (including phenoxy) is 1. The van der Waals surface area contributed by atoms with Crippen molar-refractivity contribution in [1.29, 1.82) is 0 Å². The fourth-order valence-electron chi connectivity index (χ4n) is 4.90. The minimum Gasteiger partial charge on any atom is -0.379 e. The van der Waals surface area contributed by atoms with Crippen LogP contribution in [0.3, 0.4) is 0 Å². The molecule has 1 fully saturated rings. The van der Waals surface area contributed by atoms with Crippen molar-refractivity contribution in [1.82, 2.24) is 10.2 Å². The maximum absolute atomic E-state index is 14.0. The SMILES string of the molecule is Cc1ccc(S(=O)(=O)N(Cc2ccccc2)c2ccccc2C(=O)NCc2cccc(CN3CCOCC3)c2)cc1. The van der Waals surface area contributed by atoms with Gasteiger partial charge in [-0.05, 0) is 47.9 Å². The van der Waals surface area contributed by atoms with Gasteiger partial charge < -0.3 is 10.1 Å². The minimum atomic E-state index is -3.97. The molecule has 1 amide bonds. The second-order valence-corrected chi connectivity index (χ2v) is 12.1. The van der Waals surface area contributed by atoms with Crippen LogP contribution < -0.4 is 9.62 Å². The molecule has 0 aromatic heterocycles. The summed E-state index contributed by atoms with van der Waals surface area (Å²) in [6.07, 6.45) is 0. The van der Waals surface area contributed by atoms with E-state index in [4.69, 9.17) is 4.74 Å². The van der Waals surface area contributed by atoms with Gasteiger partial charge in [0.1, 0.15) is 0 Å². The molecule has 1 N–H and O–H groups in total. The number of amides is 1. The van der Waals surface area contributed by atoms with Crippen molar-refractivity contribution in [2.45, 2.75) is 31.5 Å². The zero-order valence-corrected chi connectivity index (χ0v) is 24.0. The molecule has 0 unspecified atom stereocenters. The standard InChI is InChI=1S/C33H35N3O4S/c1-26-14-16-30(17-15-26)41(38,39)36(25-27-8-3-2-4-9-27)32-13-6-5-12-31(32)33(37)34-23-28-10-7-11-29(22-28)24-35-18-20-40-21-19-35/h2-17,22H,18-21,23-25H2,1H3,(H,34,37). The van der Waals surface area contributed by atoms with E-state index in [1.54, 1.807) is 48.5 Å². The smallest absolute Gasteiger partial charge is 0.264 e. The molecule has 8 heteroatoms. The average molecular weight is 570 g/mol. The quantitative estimate of drug-likeness (QED) is 0.286. The number of para-hydroxylation sites is 1. The van der Waals surface area contributed by atoms with Gasteiger partial charge in [-0.1, -0.05) is 84.4 Å². The Morgan fingerprint density at radius 3 is 2.24 bits per heavy atom. The molecule has 5 rings (SSSR count). The first kappa shape index (κ1) is 28.5. The molecule has 41 heavy (non-hydrogen) atoms. The number of hydrogen-bond donors (Lipinski definition) is 1. The molecular weight excluding hydrogens is 534 g/mol. The lowest BCUT2D eigenvalue weighted by Crippen LogP contribution is -2.35. The summed E-state index contributed by atoms with van der Waals surface area (Å²) in [4.78, 5) is 16.1. The van der Waals surface area contributed by atoms with Crippen LogP contribution in [0.1, 0.15) is 32.6 Å². The summed E-state index contributed by atoms with van der Waals surface area (Å²) in [5.41, 5.74) is 4.56. The molecule has 1 heterocycles. The van der Waals surface area contributed by atoms with Crippen molar-refractivity contribution >= 4 is 21.6 Å². The highest BCUT2D eigenvalue weighted by Crippen LogP contribution is 2.29. The highest BCUT2D eigenvalue weighted by Gasteiger charge is 2.28. The Morgan fingerprint density at radius 2 is 1.49 bits per heavy atom. The highest BCUT2D eigenvalue weighted by molar-refractivity contribution is 7.92. The Hall–Kier alpha value is -3.98. The lowest BCUT2D eigenvalue weighted by Gasteiger charge is -2.27. The van der Waals surface area contributed by atoms with Crippen LogP contribution in [-0.4, -0.2) is 45.5 Å². The van der Waals surface area contributed by atoms with Gasteiger partial charge in [0.2, 0.25) is 0 Å². The average Bonchev–Trinajstić information content (AvgIpc) is 3.00. The molecule has 1 aliphatic rings. The molecule has 0 radical (unpaired) electrons. The number of hydrogen-bond acceptors (Lipinski definition) is 5. The van der Waals surface area contributed by atoms with E-state index in [1.807, 2.05) is 49.4 Å². The first-order valence-corrected chi connectivity index (χ1v) is 15.2. The summed E-state index contributed by atoms with van der Waals surface area (Å²) in [5, 5.41) is 3.01. The maximum atomic E-state index is 14.0. The van der Waals surface area contributed by atoms with Gasteiger partial charge in [-0.25, -0.2) is 8.42 Å². The molecule has 4 aromatic rings. The van der Waals surface area contributed by atoms with Crippen molar-refractivity contribution in [2.24, 2.45) is 0 Å². The van der Waals surface area contributed by atoms with Gasteiger partial charge in [-0.15, -0.1) is 0 Å². The van der Waals surface area contributed by atoms with Crippen LogP contribution in [0.15, 0.2) is 108 Å². The van der Waals surface area contributed by atoms with Crippen LogP contribution in [0.2, 0.25) is 0 Å². The van der Waals surface area contributed by atoms with Crippen LogP contribution in [-0.2, 0) is 34.4 Å². The number of anilines is 1. The second-order valence-electron chi connectivity index (χ2n) is 10.2. The number of carbonyl (C=O) groups excluding carboxylic acids is 1. The van der Waals surface area contributed by atoms with E-state index in [0.717, 1.165) is 49.5 Å². The summed E-state index contributed by atoms with van der Waals surface area (Å²) < 4.78 is 34.7. The monoisotopic (exact) mass is 569 g/mol. The summed E-state index contributed by atoms with van der Waals surface area (Å²) in [7, 11) is -3.97. The fraction of sp³-hybridized carbons (Fsp3) is 0.242. The topological polar surface area (TPSA) is 79.0 Å². The predicted molar refractivity (Wildman–Crippen MR) is 161 cm³/mol. The van der Waals surface area contributed by atoms with Crippen molar-refractivity contribution in [3.63, 3.8) is 0 Å². The molecule has 0 bridgehead atoms. The summed E-state index contributed by atoms with van der Waals surface area (Å²) in [6, 6.07) is 31.2. The molecule has 1 saturated heterocycles. The summed E-state index contributed by atoms with van der Waals surface area (Å²) in [5.74, 6) is -0.337. The molecule has 4 aromatic carbocycles. The van der Waals surface area contributed by atoms with Crippen molar-refractivity contribution in [2.75, 3.05) is 30.6 Å². The Bertz CT molecular complexity index is 1570. The van der Waals surface area contributed by atoms with Crippen molar-refractivity contribution in [3.8, 4) is 0 Å². The number of rotatable bonds is 10. The molecule has 212 valence electrons. The van der Waals surface area contributed by atoms with Gasteiger partial charge in [-0.3, -0.25) is 14.0 Å². The van der Waals surface area contributed by atoms with E-state index in [-0.39, 0.29) is 17.3 Å². The van der Waals surface area contributed by atoms with E-state index >= 15 is 0 Å². The van der Waals surface area contributed by atoms with Gasteiger partial charge in [0, 0.05) is 26.2 Å². The Labute approximate surface area is 242 Å². The maximum Gasteiger partial charge on any atom is 0.264 e. The van der Waals surface area contributed by atoms with Crippen LogP contribution >= 0.6 is 0 Å². The first-order chi connectivity index (χ1) is 19.9. The van der Waals surface area contributed by atoms with E-state index in [0.29, 0.717) is 17.8 Å². The molecule has 0 atom stereocenters. The molecule has 7 nitrogen and oxygen atoms in total. The summed E-state index contributed by atoms with van der Waals surface area (Å²) >= 11 is 0. The van der Waals surface area contributed by atoms with Gasteiger partial charge in [0.15, 0.2) is 0 Å². The van der Waals surface area contributed by atoms with E-state index in [9.17, 15) is 13.2 Å². The second kappa shape index (κ2) is 13.1. The normalized spacial score (nSPS) is 14.0. The lowest BCUT2D eigenvalue weighted by atomic mass is 10.1. The zero-order chi connectivity index (χ0) is 28.7. The van der Waals surface area contributed by atoms with Crippen molar-refractivity contribution < 1.29 is 17.9 Å². The highest BCUT2D eigenvalue weighted by atomic mass is 32.2. The molecular formula is C33H35N3O4S. The Morgan fingerprint density at radius 1 is 0.829 bits per heavy atom. The molecule has 1 aliphatic heterocycles. The number of morpholine rings is 1.